The van der Waals surface area contributed by atoms with Crippen molar-refractivity contribution in [3.05, 3.63) is 276 Å². The lowest BCUT2D eigenvalue weighted by molar-refractivity contribution is 0.277. The first kappa shape index (κ1) is 80.9. The predicted molar refractivity (Wildman–Crippen MR) is 417 cm³/mol. The number of ether oxygens (including phenoxy) is 1. The number of benzene rings is 9. The van der Waals surface area contributed by atoms with Crippen molar-refractivity contribution in [2.75, 3.05) is 71.2 Å². The number of hydrogen-bond donors (Lipinski definition) is 0. The number of rotatable bonds is 9. The summed E-state index contributed by atoms with van der Waals surface area (Å²) in [5, 5.41) is 2.99. The summed E-state index contributed by atoms with van der Waals surface area (Å²) in [5.74, 6) is 0. The van der Waals surface area contributed by atoms with E-state index in [0.29, 0.717) is 12.1 Å². The molecule has 0 heterocycles. The Morgan fingerprint density at radius 2 is 0.611 bits per heavy atom. The highest BCUT2D eigenvalue weighted by molar-refractivity contribution is 7.00. The van der Waals surface area contributed by atoms with Crippen LogP contribution in [0.3, 0.4) is 0 Å². The van der Waals surface area contributed by atoms with Crippen LogP contribution in [-0.2, 0) is 10.2 Å². The van der Waals surface area contributed by atoms with Crippen LogP contribution in [-0.4, -0.2) is 79.4 Å². The molecular weight excluding hydrogens is 1120 g/mol. The second kappa shape index (κ2) is 41.3. The van der Waals surface area contributed by atoms with Crippen LogP contribution < -0.4 is 30.5 Å². The van der Waals surface area contributed by atoms with Crippen molar-refractivity contribution in [1.82, 2.24) is 0 Å². The lowest BCUT2D eigenvalue weighted by Crippen LogP contribution is -2.52. The standard InChI is InChI=1S/C15H17N.C15H16.C14H16Si.C10H15B.C10H15N.C8H11N.C5H12.C4H12Si.C2H6O/c1-12-8-7-11-14(15(12)16(2)3)13-9-5-4-6-10-13;2*1-15(2,13-9-5-3-6-10-13)14-11-7-4-8-12-14;2*1-8-6-5-7-9(2)10(8)11(3)4;1-9(2)8-6-4-3-5-7-8;2*1-5(2,3)4;1-3-2/h4-11H,1-3H3;2*3-12H,1-2H3;2*5-7H,1-4H3;3-7H,1-2H3;2*1-4H3;1-2H3. The van der Waals surface area contributed by atoms with Gasteiger partial charge in [0.05, 0.1) is 0 Å². The summed E-state index contributed by atoms with van der Waals surface area (Å²) < 4.78 is 4.25. The van der Waals surface area contributed by atoms with Gasteiger partial charge in [0.1, 0.15) is 8.07 Å². The second-order valence-corrected chi connectivity index (χ2v) is 38.6. The summed E-state index contributed by atoms with van der Waals surface area (Å²) in [6.45, 7) is 43.3. The lowest BCUT2D eigenvalue weighted by atomic mass is 9.47. The molecule has 0 aromatic heterocycles. The lowest BCUT2D eigenvalue weighted by Gasteiger charge is -2.25. The molecule has 7 heteroatoms. The van der Waals surface area contributed by atoms with E-state index >= 15 is 0 Å². The van der Waals surface area contributed by atoms with Crippen LogP contribution in [0.1, 0.15) is 80.5 Å². The van der Waals surface area contributed by atoms with Gasteiger partial charge in [-0.3, -0.25) is 0 Å². The van der Waals surface area contributed by atoms with Crippen LogP contribution >= 0.6 is 0 Å². The molecule has 9 aromatic carbocycles. The first-order chi connectivity index (χ1) is 42.1. The van der Waals surface area contributed by atoms with E-state index < -0.39 is 16.1 Å². The molecule has 4 nitrogen and oxygen atoms in total. The van der Waals surface area contributed by atoms with E-state index in [1.54, 1.807) is 14.2 Å². The number of anilines is 3. The summed E-state index contributed by atoms with van der Waals surface area (Å²) in [4.78, 5) is 6.42. The number of para-hydroxylation sites is 3. The third-order valence-electron chi connectivity index (χ3n) is 14.0. The van der Waals surface area contributed by atoms with Crippen molar-refractivity contribution < 1.29 is 4.74 Å². The molecule has 0 bridgehead atoms. The maximum atomic E-state index is 4.25. The molecule has 0 saturated carbocycles. The normalized spacial score (nSPS) is 10.4. The predicted octanol–water partition coefficient (Wildman–Crippen LogP) is 20.9. The molecule has 0 spiro atoms. The van der Waals surface area contributed by atoms with Gasteiger partial charge in [0.2, 0.25) is 0 Å². The number of nitrogens with zero attached hydrogens (tertiary/aromatic N) is 3. The zero-order valence-electron chi connectivity index (χ0n) is 61.3. The maximum Gasteiger partial charge on any atom is 0.170 e. The van der Waals surface area contributed by atoms with Crippen molar-refractivity contribution >= 4 is 55.8 Å². The Bertz CT molecular complexity index is 2990. The largest absolute Gasteiger partial charge is 0.388 e. The van der Waals surface area contributed by atoms with Crippen LogP contribution in [0.4, 0.5) is 17.1 Å². The van der Waals surface area contributed by atoms with E-state index in [1.807, 2.05) is 32.3 Å². The summed E-state index contributed by atoms with van der Waals surface area (Å²) in [5.41, 5.74) is 18.1. The fraction of sp³-hybridized carbons (Fsp3) is 0.349. The van der Waals surface area contributed by atoms with Crippen molar-refractivity contribution in [3.63, 3.8) is 0 Å². The molecule has 0 N–H and O–H groups in total. The third-order valence-corrected chi connectivity index (χ3v) is 17.6. The van der Waals surface area contributed by atoms with E-state index in [1.165, 1.54) is 83.0 Å². The van der Waals surface area contributed by atoms with E-state index in [-0.39, 0.29) is 5.41 Å². The highest BCUT2D eigenvalue weighted by atomic mass is 28.3. The van der Waals surface area contributed by atoms with Gasteiger partial charge in [-0.05, 0) is 85.5 Å². The summed E-state index contributed by atoms with van der Waals surface area (Å²) in [7, 11) is 13.6. The number of methoxy groups -OCH3 is 1. The fourth-order valence-corrected chi connectivity index (χ4v) is 12.2. The minimum absolute atomic E-state index is 0.0858. The fourth-order valence-electron chi connectivity index (χ4n) is 9.83. The quantitative estimate of drug-likeness (QED) is 0.134. The maximum absolute atomic E-state index is 4.25. The van der Waals surface area contributed by atoms with E-state index in [9.17, 15) is 0 Å². The molecule has 0 aliphatic rings. The Balaban J connectivity index is 0.000000523. The van der Waals surface area contributed by atoms with Gasteiger partial charge in [-0.15, -0.1) is 0 Å². The SMILES string of the molecule is CB(C)c1c(C)cccc1C.CC(C)(C)C.CC(C)(c1ccccc1)c1ccccc1.CN(C)c1ccccc1.COC.C[Si](C)(C)C.C[Si](C)(c1ccccc1)c1ccccc1.Cc1cccc(-c2ccccc2)c1N(C)C.Cc1cccc(C)c1N(C)C. The highest BCUT2D eigenvalue weighted by Crippen LogP contribution is 2.33. The van der Waals surface area contributed by atoms with Gasteiger partial charge >= 0.3 is 0 Å². The van der Waals surface area contributed by atoms with Gasteiger partial charge in [0, 0.05) is 92.6 Å². The van der Waals surface area contributed by atoms with Gasteiger partial charge in [0.25, 0.3) is 0 Å². The topological polar surface area (TPSA) is 19.0 Å². The Kier molecular flexibility index (Phi) is 37.1. The average Bonchev–Trinajstić information content (AvgIpc) is 1.41. The average molecular weight is 1240 g/mol. The molecule has 484 valence electrons. The van der Waals surface area contributed by atoms with Crippen LogP contribution in [0.2, 0.25) is 52.9 Å². The Hall–Kier alpha value is -7.16. The molecule has 9 rings (SSSR count). The van der Waals surface area contributed by atoms with Crippen LogP contribution in [0.25, 0.3) is 11.1 Å². The first-order valence-corrected chi connectivity index (χ1v) is 39.1. The molecule has 9 aromatic rings. The molecule has 90 heavy (non-hydrogen) atoms. The molecule has 0 fully saturated rings. The molecular formula is C83H120BN3OSi2. The van der Waals surface area contributed by atoms with Crippen LogP contribution in [0.5, 0.6) is 0 Å². The second-order valence-electron chi connectivity index (χ2n) is 28.2. The van der Waals surface area contributed by atoms with Crippen LogP contribution in [0.15, 0.2) is 237 Å². The zero-order valence-corrected chi connectivity index (χ0v) is 63.3. The van der Waals surface area contributed by atoms with Crippen LogP contribution in [0, 0.1) is 40.0 Å². The smallest absolute Gasteiger partial charge is 0.170 e. The van der Waals surface area contributed by atoms with Gasteiger partial charge in [-0.2, -0.15) is 0 Å². The molecule has 0 amide bonds. The van der Waals surface area contributed by atoms with Gasteiger partial charge in [0.15, 0.2) is 6.71 Å². The molecule has 0 radical (unpaired) electrons. The van der Waals surface area contributed by atoms with Crippen molar-refractivity contribution in [2.24, 2.45) is 5.41 Å². The Morgan fingerprint density at radius 3 is 0.878 bits per heavy atom. The highest BCUT2D eigenvalue weighted by Gasteiger charge is 2.25. The monoisotopic (exact) mass is 1240 g/mol. The van der Waals surface area contributed by atoms with Gasteiger partial charge in [-0.25, -0.2) is 0 Å². The number of aryl methyl sites for hydroxylation is 5. The van der Waals surface area contributed by atoms with E-state index in [4.69, 9.17) is 0 Å². The Labute approximate surface area is 554 Å². The van der Waals surface area contributed by atoms with Crippen molar-refractivity contribution in [1.29, 1.82) is 0 Å². The zero-order chi connectivity index (χ0) is 68.3. The molecule has 0 atom stereocenters. The summed E-state index contributed by atoms with van der Waals surface area (Å²) in [6.07, 6.45) is 0. The minimum atomic E-state index is -1.46. The molecule has 0 aliphatic heterocycles. The molecule has 0 unspecified atom stereocenters. The van der Waals surface area contributed by atoms with Crippen molar-refractivity contribution in [3.8, 4) is 11.1 Å². The van der Waals surface area contributed by atoms with E-state index in [0.717, 1.165) is 0 Å². The van der Waals surface area contributed by atoms with Crippen molar-refractivity contribution in [2.45, 2.75) is 135 Å². The first-order valence-electron chi connectivity index (χ1n) is 32.1. The van der Waals surface area contributed by atoms with E-state index in [2.05, 4.69) is 395 Å². The minimum Gasteiger partial charge on any atom is -0.388 e. The number of hydrogen-bond acceptors (Lipinski definition) is 4. The summed E-state index contributed by atoms with van der Waals surface area (Å²) in [6, 6.07) is 83.0. The molecule has 0 saturated heterocycles. The van der Waals surface area contributed by atoms with Gasteiger partial charge < -0.3 is 19.4 Å². The third kappa shape index (κ3) is 32.0. The molecule has 0 aliphatic carbocycles. The summed E-state index contributed by atoms with van der Waals surface area (Å²) >= 11 is 0. The Morgan fingerprint density at radius 1 is 0.344 bits per heavy atom. The van der Waals surface area contributed by atoms with Gasteiger partial charge in [-0.1, -0.05) is 346 Å².